The fourth-order valence-electron chi connectivity index (χ4n) is 16.0. The monoisotopic (exact) mass is 1190 g/mol. The summed E-state index contributed by atoms with van der Waals surface area (Å²) in [5, 5.41) is 36.6. The number of aromatic nitrogens is 6. The number of fused-ring (bicyclic) bond motifs is 18. The molecule has 8 heteroatoms. The number of benzene rings is 14. The summed E-state index contributed by atoms with van der Waals surface area (Å²) in [5.41, 5.74) is 21.0. The van der Waals surface area contributed by atoms with E-state index in [2.05, 4.69) is 343 Å². The molecule has 0 saturated carbocycles. The summed E-state index contributed by atoms with van der Waals surface area (Å²) in [6.45, 7) is 0. The van der Waals surface area contributed by atoms with Crippen LogP contribution in [0.1, 0.15) is 11.1 Å². The third kappa shape index (κ3) is 7.13. The maximum Gasteiger partial charge on any atom is 0.104 e. The number of hydrogen-bond donors (Lipinski definition) is 0. The smallest absolute Gasteiger partial charge is 0.104 e. The predicted octanol–water partition coefficient (Wildman–Crippen LogP) is 21.7. The van der Waals surface area contributed by atoms with Crippen LogP contribution in [-0.2, 0) is 0 Å². The molecule has 0 spiro atoms. The Labute approximate surface area is 537 Å². The van der Waals surface area contributed by atoms with Crippen LogP contribution in [0.15, 0.2) is 303 Å². The van der Waals surface area contributed by atoms with Gasteiger partial charge in [-0.2, -0.15) is 10.5 Å². The second-order valence-electron chi connectivity index (χ2n) is 24.6. The Morgan fingerprint density at radius 2 is 0.447 bits per heavy atom. The van der Waals surface area contributed by atoms with E-state index < -0.39 is 0 Å². The van der Waals surface area contributed by atoms with Crippen LogP contribution in [-0.4, -0.2) is 27.4 Å². The van der Waals surface area contributed by atoms with Gasteiger partial charge in [0.05, 0.1) is 112 Å². The Morgan fingerprint density at radius 1 is 0.202 bits per heavy atom. The quantitative estimate of drug-likeness (QED) is 0.159. The molecule has 434 valence electrons. The van der Waals surface area contributed by atoms with Crippen LogP contribution >= 0.6 is 0 Å². The summed E-state index contributed by atoms with van der Waals surface area (Å²) in [5.74, 6) is 0. The third-order valence-corrected chi connectivity index (χ3v) is 19.8. The number of rotatable bonds is 7. The van der Waals surface area contributed by atoms with Crippen LogP contribution in [0.4, 0.5) is 0 Å². The highest BCUT2D eigenvalue weighted by Crippen LogP contribution is 2.47. The van der Waals surface area contributed by atoms with Crippen molar-refractivity contribution < 1.29 is 0 Å². The lowest BCUT2D eigenvalue weighted by Crippen LogP contribution is -2.10. The van der Waals surface area contributed by atoms with Gasteiger partial charge in [0, 0.05) is 64.6 Å². The molecule has 0 saturated heterocycles. The van der Waals surface area contributed by atoms with Gasteiger partial charge in [0.25, 0.3) is 0 Å². The molecule has 0 aliphatic rings. The van der Waals surface area contributed by atoms with Crippen molar-refractivity contribution in [2.75, 3.05) is 0 Å². The van der Waals surface area contributed by atoms with Gasteiger partial charge in [-0.05, 0) is 120 Å². The molecule has 0 fully saturated rings. The molecule has 94 heavy (non-hydrogen) atoms. The Hall–Kier alpha value is -13.1. The van der Waals surface area contributed by atoms with Gasteiger partial charge in [-0.15, -0.1) is 0 Å². The lowest BCUT2D eigenvalue weighted by Gasteiger charge is -2.22. The van der Waals surface area contributed by atoms with Crippen LogP contribution in [0, 0.1) is 22.7 Å². The first-order valence-corrected chi connectivity index (χ1v) is 31.8. The minimum atomic E-state index is 0.556. The van der Waals surface area contributed by atoms with Crippen LogP contribution in [0.5, 0.6) is 0 Å². The summed E-state index contributed by atoms with van der Waals surface area (Å²) < 4.78 is 14.1. The molecular formula is C86H50N8. The minimum absolute atomic E-state index is 0.556. The summed E-state index contributed by atoms with van der Waals surface area (Å²) >= 11 is 0. The van der Waals surface area contributed by atoms with Crippen molar-refractivity contribution in [2.24, 2.45) is 0 Å². The Kier molecular flexibility index (Phi) is 10.8. The van der Waals surface area contributed by atoms with Gasteiger partial charge in [-0.3, -0.25) is 0 Å². The molecule has 0 atom stereocenters. The van der Waals surface area contributed by atoms with E-state index in [0.29, 0.717) is 11.1 Å². The van der Waals surface area contributed by atoms with Crippen molar-refractivity contribution in [3.05, 3.63) is 314 Å². The maximum absolute atomic E-state index is 11.9. The van der Waals surface area contributed by atoms with E-state index in [9.17, 15) is 10.5 Å². The molecule has 0 N–H and O–H groups in total. The van der Waals surface area contributed by atoms with Crippen molar-refractivity contribution in [1.82, 2.24) is 27.4 Å². The van der Waals surface area contributed by atoms with E-state index in [0.717, 1.165) is 176 Å². The molecule has 0 aliphatic heterocycles. The normalized spacial score (nSPS) is 12.0. The highest BCUT2D eigenvalue weighted by atomic mass is 15.1. The Bertz CT molecular complexity index is 6430. The first-order chi connectivity index (χ1) is 46.6. The fraction of sp³-hybridized carbons (Fsp3) is 0. The first kappa shape index (κ1) is 51.7. The largest absolute Gasteiger partial charge is 0.309 e. The molecule has 6 aromatic heterocycles. The minimum Gasteiger partial charge on any atom is -0.309 e. The molecule has 0 radical (unpaired) electrons. The van der Waals surface area contributed by atoms with Crippen LogP contribution < -0.4 is 0 Å². The first-order valence-electron chi connectivity index (χ1n) is 31.8. The highest BCUT2D eigenvalue weighted by Gasteiger charge is 2.28. The average molecular weight is 1200 g/mol. The van der Waals surface area contributed by atoms with Crippen molar-refractivity contribution in [3.8, 4) is 57.4 Å². The van der Waals surface area contributed by atoms with Crippen molar-refractivity contribution in [2.45, 2.75) is 0 Å². The van der Waals surface area contributed by atoms with Crippen molar-refractivity contribution >= 4 is 131 Å². The summed E-state index contributed by atoms with van der Waals surface area (Å²) in [4.78, 5) is 0. The van der Waals surface area contributed by atoms with E-state index >= 15 is 0 Å². The topological polar surface area (TPSA) is 77.2 Å². The molecule has 0 amide bonds. The van der Waals surface area contributed by atoms with Crippen molar-refractivity contribution in [1.29, 1.82) is 10.5 Å². The third-order valence-electron chi connectivity index (χ3n) is 19.8. The van der Waals surface area contributed by atoms with Gasteiger partial charge in [0.1, 0.15) is 11.6 Å². The average Bonchev–Trinajstić information content (AvgIpc) is 1.53. The zero-order valence-electron chi connectivity index (χ0n) is 50.4. The molecule has 0 bridgehead atoms. The Balaban J connectivity index is 0.834. The molecule has 8 nitrogen and oxygen atoms in total. The molecule has 20 rings (SSSR count). The molecule has 6 heterocycles. The van der Waals surface area contributed by atoms with Gasteiger partial charge in [0.2, 0.25) is 0 Å². The maximum atomic E-state index is 11.9. The standard InChI is InChI=1S/C86H50N8/c87-51-53-45-84(92-74-35-15-5-25-61(74)62-26-6-16-36-75(62)92)86(85(46-53)93-76-37-17-7-27-63(76)64-28-8-18-38-77(64)93)94-79-40-20-10-30-66(79)68-48-55(42-44-81(68)94)54-41-43-80-67(47-54)65-29-9-19-39-78(65)91(80)83-50-56(89-70-31-11-1-21-57(70)58-22-2-12-32-71(58)89)49-82(69(83)52-88)90-72-33-13-3-23-59(72)60-24-4-14-34-73(60)90/h1-50H. The summed E-state index contributed by atoms with van der Waals surface area (Å²) in [6, 6.07) is 114. The number of nitriles is 2. The van der Waals surface area contributed by atoms with E-state index in [1.807, 2.05) is 0 Å². The van der Waals surface area contributed by atoms with Crippen LogP contribution in [0.2, 0.25) is 0 Å². The van der Waals surface area contributed by atoms with Gasteiger partial charge in [-0.1, -0.05) is 194 Å². The van der Waals surface area contributed by atoms with E-state index in [1.54, 1.807) is 0 Å². The summed E-state index contributed by atoms with van der Waals surface area (Å²) in [6.07, 6.45) is 0. The van der Waals surface area contributed by atoms with Gasteiger partial charge < -0.3 is 27.4 Å². The highest BCUT2D eigenvalue weighted by molar-refractivity contribution is 6.17. The molecule has 14 aromatic carbocycles. The molecule has 20 aromatic rings. The van der Waals surface area contributed by atoms with Crippen molar-refractivity contribution in [3.63, 3.8) is 0 Å². The predicted molar refractivity (Wildman–Crippen MR) is 387 cm³/mol. The van der Waals surface area contributed by atoms with Gasteiger partial charge >= 0.3 is 0 Å². The number of nitrogens with zero attached hydrogens (tertiary/aromatic N) is 8. The molecule has 0 aliphatic carbocycles. The van der Waals surface area contributed by atoms with E-state index in [-0.39, 0.29) is 0 Å². The Morgan fingerprint density at radius 3 is 0.745 bits per heavy atom. The van der Waals surface area contributed by atoms with Gasteiger partial charge in [-0.25, -0.2) is 0 Å². The zero-order valence-corrected chi connectivity index (χ0v) is 50.4. The van der Waals surface area contributed by atoms with Gasteiger partial charge in [0.15, 0.2) is 0 Å². The summed E-state index contributed by atoms with van der Waals surface area (Å²) in [7, 11) is 0. The number of hydrogen-bond acceptors (Lipinski definition) is 2. The fourth-order valence-corrected chi connectivity index (χ4v) is 16.0. The molecular weight excluding hydrogens is 1150 g/mol. The lowest BCUT2D eigenvalue weighted by atomic mass is 10.0. The lowest BCUT2D eigenvalue weighted by molar-refractivity contribution is 1.05. The van der Waals surface area contributed by atoms with E-state index in [1.165, 1.54) is 0 Å². The molecule has 0 unspecified atom stereocenters. The second-order valence-corrected chi connectivity index (χ2v) is 24.6. The zero-order chi connectivity index (χ0) is 61.9. The van der Waals surface area contributed by atoms with E-state index in [4.69, 9.17) is 0 Å². The van der Waals surface area contributed by atoms with Crippen LogP contribution in [0.25, 0.3) is 176 Å². The SMILES string of the molecule is N#Cc1cc(-n2c3ccccc3c3ccccc32)c(-n2c3ccccc3c3cc(-c4ccc5c(c4)c4ccccc4n5-c4cc(-n5c6ccccc6c6ccccc65)cc(-n5c6ccccc6c6ccccc65)c4C#N)ccc32)c(-n2c3ccccc3c3ccccc32)c1. The van der Waals surface area contributed by atoms with Crippen LogP contribution in [0.3, 0.4) is 0 Å². The second kappa shape index (κ2) is 19.7. The number of para-hydroxylation sites is 10.